The largest absolute Gasteiger partial charge is 0.465 e. The molecule has 0 saturated heterocycles. The van der Waals surface area contributed by atoms with Gasteiger partial charge in [-0.1, -0.05) is 60.2 Å². The van der Waals surface area contributed by atoms with Crippen molar-refractivity contribution >= 4 is 110 Å². The van der Waals surface area contributed by atoms with E-state index >= 15 is 0 Å². The van der Waals surface area contributed by atoms with Crippen LogP contribution in [0.15, 0.2) is 75.9 Å². The number of carbonyl (C=O) groups is 12. The van der Waals surface area contributed by atoms with Crippen LogP contribution >= 0.6 is 37.9 Å². The van der Waals surface area contributed by atoms with Crippen molar-refractivity contribution in [1.29, 1.82) is 0 Å². The second-order valence-electron chi connectivity index (χ2n) is 16.1. The van der Waals surface area contributed by atoms with Crippen LogP contribution in [0.1, 0.15) is 59.3 Å². The number of esters is 12. The van der Waals surface area contributed by atoms with Gasteiger partial charge in [-0.05, 0) is 19.3 Å². The average molecular weight is 1170 g/mol. The third-order valence-corrected chi connectivity index (χ3v) is 9.88. The van der Waals surface area contributed by atoms with E-state index in [1.54, 1.807) is 13.8 Å². The molecule has 0 aliphatic carbocycles. The normalized spacial score (nSPS) is 10.4. The number of thiol groups is 3. The maximum absolute atomic E-state index is 11.7. The second kappa shape index (κ2) is 45.2. The summed E-state index contributed by atoms with van der Waals surface area (Å²) in [6, 6.07) is 0. The first kappa shape index (κ1) is 75.4. The molecule has 0 N–H and O–H groups in total. The molecule has 0 amide bonds. The van der Waals surface area contributed by atoms with Crippen LogP contribution in [0.4, 0.5) is 0 Å². The monoisotopic (exact) mass is 1160 g/mol. The Bertz CT molecular complexity index is 1930. The quantitative estimate of drug-likeness (QED) is 0.0342. The van der Waals surface area contributed by atoms with Crippen LogP contribution < -0.4 is 0 Å². The standard InChI is InChI=1S/C18H24O8.C17H24O8S.C16H24O8S2/c1-5-9-17(22)26-13-18(10-23-14(19)6-2,11-24-15(20)7-3)12-25-16(21)8-4;1-4-7-15(20)24-11-17(9-22-13(18)5-2,10-23-14(19)6-3)12-25-16(21)8-26;1-3-5-13(18)22-9-16(8-21-12(17)4-2,10-23-14(19)6-25)11-24-15(20)7-26/h6-8H,2-5,9-13H2,1H3;5-6,26H,2-4,7-12H2,1H3;4,25-26H,2-3,5-11H2,1H3. The van der Waals surface area contributed by atoms with Gasteiger partial charge in [-0.25, -0.2) is 28.8 Å². The van der Waals surface area contributed by atoms with Crippen molar-refractivity contribution in [3.05, 3.63) is 75.9 Å². The minimum atomic E-state index is -1.29. The fourth-order valence-electron chi connectivity index (χ4n) is 4.82. The molecular formula is C51H72O24S3. The summed E-state index contributed by atoms with van der Waals surface area (Å²) in [5.41, 5.74) is -3.84. The fraction of sp³-hybridized carbons (Fsp3) is 0.529. The van der Waals surface area contributed by atoms with Crippen molar-refractivity contribution in [2.75, 3.05) is 96.5 Å². The lowest BCUT2D eigenvalue weighted by atomic mass is 9.92. The molecule has 24 nitrogen and oxygen atoms in total. The summed E-state index contributed by atoms with van der Waals surface area (Å²) < 4.78 is 60.6. The lowest BCUT2D eigenvalue weighted by molar-refractivity contribution is -0.170. The summed E-state index contributed by atoms with van der Waals surface area (Å²) in [5, 5.41) is 0. The molecule has 0 rings (SSSR count). The van der Waals surface area contributed by atoms with Crippen molar-refractivity contribution in [1.82, 2.24) is 0 Å². The number of rotatable bonds is 39. The Kier molecular flexibility index (Phi) is 43.7. The Morgan fingerprint density at radius 2 is 0.423 bits per heavy atom. The molecule has 0 bridgehead atoms. The predicted octanol–water partition coefficient (Wildman–Crippen LogP) is 3.74. The lowest BCUT2D eigenvalue weighted by Crippen LogP contribution is -2.44. The van der Waals surface area contributed by atoms with Crippen molar-refractivity contribution in [2.45, 2.75) is 59.3 Å². The van der Waals surface area contributed by atoms with Crippen LogP contribution in [-0.4, -0.2) is 168 Å². The van der Waals surface area contributed by atoms with Gasteiger partial charge in [-0.2, -0.15) is 37.9 Å². The van der Waals surface area contributed by atoms with Crippen molar-refractivity contribution in [2.24, 2.45) is 16.2 Å². The van der Waals surface area contributed by atoms with Crippen LogP contribution in [-0.2, 0) is 114 Å². The molecule has 0 aromatic carbocycles. The van der Waals surface area contributed by atoms with Crippen LogP contribution in [0.2, 0.25) is 0 Å². The van der Waals surface area contributed by atoms with E-state index < -0.39 is 87.9 Å². The van der Waals surface area contributed by atoms with E-state index in [0.717, 1.165) is 36.5 Å². The first-order valence-electron chi connectivity index (χ1n) is 23.5. The zero-order chi connectivity index (χ0) is 60.0. The summed E-state index contributed by atoms with van der Waals surface area (Å²) in [6.45, 7) is 21.3. The van der Waals surface area contributed by atoms with Crippen molar-refractivity contribution in [3.8, 4) is 0 Å². The van der Waals surface area contributed by atoms with Gasteiger partial charge >= 0.3 is 71.6 Å². The zero-order valence-corrected chi connectivity index (χ0v) is 46.9. The van der Waals surface area contributed by atoms with Crippen LogP contribution in [0.5, 0.6) is 0 Å². The minimum absolute atomic E-state index is 0.172. The SMILES string of the molecule is C=CC(=O)OCC(COC(=O)C=C)(COC(=O)C=C)COC(=O)CCC.C=CC(=O)OCC(COC(=O)C=C)(COC(=O)CS)COC(=O)CCC.C=CC(=O)OCC(COC(=O)CS)(COC(=O)CS)COC(=O)CCC. The minimum Gasteiger partial charge on any atom is -0.465 e. The molecule has 78 heavy (non-hydrogen) atoms. The molecule has 0 saturated carbocycles. The first-order valence-corrected chi connectivity index (χ1v) is 25.4. The maximum atomic E-state index is 11.7. The molecule has 0 unspecified atom stereocenters. The van der Waals surface area contributed by atoms with Crippen molar-refractivity contribution < 1.29 is 114 Å². The molecule has 27 heteroatoms. The number of ether oxygens (including phenoxy) is 12. The van der Waals surface area contributed by atoms with Crippen LogP contribution in [0, 0.1) is 16.2 Å². The highest BCUT2D eigenvalue weighted by Crippen LogP contribution is 2.25. The lowest BCUT2D eigenvalue weighted by Gasteiger charge is -2.31. The van der Waals surface area contributed by atoms with Crippen LogP contribution in [0.25, 0.3) is 0 Å². The van der Waals surface area contributed by atoms with E-state index in [4.69, 9.17) is 56.8 Å². The van der Waals surface area contributed by atoms with E-state index in [9.17, 15) is 57.5 Å². The number of carbonyl (C=O) groups excluding carboxylic acids is 12. The number of hydrogen-bond acceptors (Lipinski definition) is 27. The van der Waals surface area contributed by atoms with Gasteiger partial charge < -0.3 is 56.8 Å². The topological polar surface area (TPSA) is 316 Å². The van der Waals surface area contributed by atoms with E-state index in [-0.39, 0.29) is 116 Å². The predicted molar refractivity (Wildman–Crippen MR) is 286 cm³/mol. The highest BCUT2D eigenvalue weighted by Gasteiger charge is 2.40. The molecule has 0 aromatic heterocycles. The Labute approximate surface area is 470 Å². The molecular weight excluding hydrogens is 1090 g/mol. The highest BCUT2D eigenvalue weighted by atomic mass is 32.1. The highest BCUT2D eigenvalue weighted by molar-refractivity contribution is 7.81. The number of hydrogen-bond donors (Lipinski definition) is 3. The molecule has 0 heterocycles. The van der Waals surface area contributed by atoms with E-state index in [1.165, 1.54) is 0 Å². The molecule has 0 atom stereocenters. The van der Waals surface area contributed by atoms with Gasteiger partial charge in [-0.15, -0.1) is 0 Å². The summed E-state index contributed by atoms with van der Waals surface area (Å²) in [6.07, 6.45) is 7.98. The molecule has 0 aliphatic rings. The molecule has 0 aromatic rings. The average Bonchev–Trinajstić information content (AvgIpc) is 3.45. The molecule has 0 aliphatic heterocycles. The van der Waals surface area contributed by atoms with Gasteiger partial charge in [0.1, 0.15) is 95.5 Å². The van der Waals surface area contributed by atoms with Gasteiger partial charge in [0, 0.05) is 55.7 Å². The Morgan fingerprint density at radius 1 is 0.282 bits per heavy atom. The Hall–Kier alpha value is -6.87. The summed E-state index contributed by atoms with van der Waals surface area (Å²) in [7, 11) is 0. The summed E-state index contributed by atoms with van der Waals surface area (Å²) in [5.74, 6) is -8.27. The first-order chi connectivity index (χ1) is 37.0. The van der Waals surface area contributed by atoms with Crippen molar-refractivity contribution in [3.63, 3.8) is 0 Å². The third kappa shape index (κ3) is 37.8. The second-order valence-corrected chi connectivity index (χ2v) is 17.0. The fourth-order valence-corrected chi connectivity index (χ4v) is 5.09. The summed E-state index contributed by atoms with van der Waals surface area (Å²) in [4.78, 5) is 138. The van der Waals surface area contributed by atoms with Gasteiger partial charge in [0.05, 0.1) is 17.3 Å². The van der Waals surface area contributed by atoms with E-state index in [2.05, 4.69) is 77.4 Å². The van der Waals surface area contributed by atoms with Gasteiger partial charge in [0.25, 0.3) is 0 Å². The maximum Gasteiger partial charge on any atom is 0.330 e. The zero-order valence-electron chi connectivity index (χ0n) is 44.2. The van der Waals surface area contributed by atoms with E-state index in [1.807, 2.05) is 6.92 Å². The van der Waals surface area contributed by atoms with Gasteiger partial charge in [0.2, 0.25) is 0 Å². The molecule has 0 radical (unpaired) electrons. The van der Waals surface area contributed by atoms with Gasteiger partial charge in [0.15, 0.2) is 0 Å². The Morgan fingerprint density at radius 3 is 0.551 bits per heavy atom. The third-order valence-electron chi connectivity index (χ3n) is 9.11. The van der Waals surface area contributed by atoms with E-state index in [0.29, 0.717) is 19.3 Å². The van der Waals surface area contributed by atoms with Crippen LogP contribution in [0.3, 0.4) is 0 Å². The molecule has 0 fully saturated rings. The smallest absolute Gasteiger partial charge is 0.330 e. The summed E-state index contributed by atoms with van der Waals surface area (Å²) >= 11 is 11.4. The molecule has 0 spiro atoms. The van der Waals surface area contributed by atoms with Gasteiger partial charge in [-0.3, -0.25) is 28.8 Å². The Balaban J connectivity index is -0.00000108. The molecule has 438 valence electrons.